The van der Waals surface area contributed by atoms with Gasteiger partial charge in [-0.3, -0.25) is 0 Å². The van der Waals surface area contributed by atoms with E-state index in [4.69, 9.17) is 14.7 Å². The Morgan fingerprint density at radius 3 is 2.65 bits per heavy atom. The van der Waals surface area contributed by atoms with Crippen molar-refractivity contribution in [1.82, 2.24) is 4.72 Å². The SMILES string of the molecule is CC1(CCNS(=O)(=O)c2ccccc2C#N)OCCO1. The fourth-order valence-electron chi connectivity index (χ4n) is 1.98. The molecule has 1 aromatic carbocycles. The summed E-state index contributed by atoms with van der Waals surface area (Å²) in [5.41, 5.74) is 0.125. The van der Waals surface area contributed by atoms with Gasteiger partial charge >= 0.3 is 0 Å². The largest absolute Gasteiger partial charge is 0.348 e. The van der Waals surface area contributed by atoms with E-state index in [0.717, 1.165) is 0 Å². The first-order chi connectivity index (χ1) is 9.47. The summed E-state index contributed by atoms with van der Waals surface area (Å²) in [6.07, 6.45) is 0.404. The number of hydrogen-bond acceptors (Lipinski definition) is 5. The van der Waals surface area contributed by atoms with Crippen molar-refractivity contribution in [3.8, 4) is 6.07 Å². The molecule has 1 saturated heterocycles. The number of rotatable bonds is 5. The summed E-state index contributed by atoms with van der Waals surface area (Å²) in [7, 11) is -3.71. The standard InChI is InChI=1S/C13H16N2O4S/c1-13(18-8-9-19-13)6-7-15-20(16,17)12-5-3-2-4-11(12)10-14/h2-5,15H,6-9H2,1H3. The first-order valence-electron chi connectivity index (χ1n) is 6.24. The Hall–Kier alpha value is -1.46. The van der Waals surface area contributed by atoms with Crippen molar-refractivity contribution >= 4 is 10.0 Å². The van der Waals surface area contributed by atoms with Crippen LogP contribution in [0.25, 0.3) is 0 Å². The van der Waals surface area contributed by atoms with Crippen LogP contribution < -0.4 is 4.72 Å². The topological polar surface area (TPSA) is 88.4 Å². The summed E-state index contributed by atoms with van der Waals surface area (Å²) in [5.74, 6) is -0.739. The molecule has 0 atom stereocenters. The van der Waals surface area contributed by atoms with Crippen molar-refractivity contribution in [2.75, 3.05) is 19.8 Å². The summed E-state index contributed by atoms with van der Waals surface area (Å²) in [4.78, 5) is -0.0130. The van der Waals surface area contributed by atoms with Gasteiger partial charge in [0, 0.05) is 13.0 Å². The molecule has 1 aliphatic heterocycles. The maximum absolute atomic E-state index is 12.1. The molecule has 1 N–H and O–H groups in total. The lowest BCUT2D eigenvalue weighted by Gasteiger charge is -2.22. The molecule has 0 aliphatic carbocycles. The number of ether oxygens (including phenoxy) is 2. The van der Waals surface area contributed by atoms with Crippen molar-refractivity contribution in [3.63, 3.8) is 0 Å². The van der Waals surface area contributed by atoms with Crippen LogP contribution in [0.15, 0.2) is 29.2 Å². The molecule has 0 radical (unpaired) electrons. The second-order valence-corrected chi connectivity index (χ2v) is 6.32. The van der Waals surface area contributed by atoms with E-state index in [1.165, 1.54) is 12.1 Å². The Morgan fingerprint density at radius 1 is 1.35 bits per heavy atom. The highest BCUT2D eigenvalue weighted by Gasteiger charge is 2.31. The van der Waals surface area contributed by atoms with Crippen LogP contribution in [-0.4, -0.2) is 34.0 Å². The van der Waals surface area contributed by atoms with Gasteiger partial charge in [-0.1, -0.05) is 12.1 Å². The monoisotopic (exact) mass is 296 g/mol. The van der Waals surface area contributed by atoms with Gasteiger partial charge in [0.25, 0.3) is 0 Å². The molecular weight excluding hydrogens is 280 g/mol. The van der Waals surface area contributed by atoms with Gasteiger partial charge in [-0.2, -0.15) is 5.26 Å². The number of nitrogens with zero attached hydrogens (tertiary/aromatic N) is 1. The molecule has 2 rings (SSSR count). The zero-order chi connectivity index (χ0) is 14.6. The molecule has 7 heteroatoms. The molecule has 1 heterocycles. The minimum atomic E-state index is -3.71. The fraction of sp³-hybridized carbons (Fsp3) is 0.462. The molecular formula is C13H16N2O4S. The molecule has 0 aromatic heterocycles. The van der Waals surface area contributed by atoms with Gasteiger partial charge in [0.05, 0.1) is 23.7 Å². The number of hydrogen-bond donors (Lipinski definition) is 1. The van der Waals surface area contributed by atoms with Gasteiger partial charge in [-0.05, 0) is 19.1 Å². The van der Waals surface area contributed by atoms with E-state index >= 15 is 0 Å². The smallest absolute Gasteiger partial charge is 0.241 e. The molecule has 1 aliphatic rings. The van der Waals surface area contributed by atoms with Crippen LogP contribution in [0, 0.1) is 11.3 Å². The average molecular weight is 296 g/mol. The van der Waals surface area contributed by atoms with E-state index in [2.05, 4.69) is 4.72 Å². The second-order valence-electron chi connectivity index (χ2n) is 4.59. The zero-order valence-corrected chi connectivity index (χ0v) is 11.9. The Balaban J connectivity index is 2.03. The maximum Gasteiger partial charge on any atom is 0.241 e. The molecule has 1 fully saturated rings. The summed E-state index contributed by atoms with van der Waals surface area (Å²) >= 11 is 0. The number of sulfonamides is 1. The normalized spacial score (nSPS) is 17.8. The molecule has 0 spiro atoms. The molecule has 20 heavy (non-hydrogen) atoms. The zero-order valence-electron chi connectivity index (χ0n) is 11.1. The van der Waals surface area contributed by atoms with Crippen molar-refractivity contribution in [2.45, 2.75) is 24.0 Å². The number of nitrogens with one attached hydrogen (secondary N) is 1. The Morgan fingerprint density at radius 2 is 2.00 bits per heavy atom. The summed E-state index contributed by atoms with van der Waals surface area (Å²) < 4.78 is 37.5. The van der Waals surface area contributed by atoms with Gasteiger partial charge < -0.3 is 9.47 Å². The molecule has 0 saturated carbocycles. The third-order valence-corrected chi connectivity index (χ3v) is 4.59. The number of nitriles is 1. The summed E-state index contributed by atoms with van der Waals surface area (Å²) in [6, 6.07) is 7.96. The maximum atomic E-state index is 12.1. The van der Waals surface area contributed by atoms with E-state index in [1.54, 1.807) is 19.1 Å². The molecule has 0 amide bonds. The second kappa shape index (κ2) is 5.89. The van der Waals surface area contributed by atoms with Crippen LogP contribution in [0.1, 0.15) is 18.9 Å². The van der Waals surface area contributed by atoms with E-state index in [0.29, 0.717) is 19.6 Å². The predicted octanol–water partition coefficient (Wildman–Crippen LogP) is 0.990. The van der Waals surface area contributed by atoms with E-state index < -0.39 is 15.8 Å². The molecule has 6 nitrogen and oxygen atoms in total. The summed E-state index contributed by atoms with van der Waals surface area (Å²) in [5, 5.41) is 8.94. The van der Waals surface area contributed by atoms with E-state index in [1.807, 2.05) is 6.07 Å². The minimum absolute atomic E-state index is 0.0130. The van der Waals surface area contributed by atoms with Crippen LogP contribution in [-0.2, 0) is 19.5 Å². The fourth-order valence-corrected chi connectivity index (χ4v) is 3.17. The Labute approximate surface area is 118 Å². The van der Waals surface area contributed by atoms with Crippen LogP contribution in [0.2, 0.25) is 0 Å². The van der Waals surface area contributed by atoms with Crippen molar-refractivity contribution < 1.29 is 17.9 Å². The highest BCUT2D eigenvalue weighted by Crippen LogP contribution is 2.22. The molecule has 108 valence electrons. The van der Waals surface area contributed by atoms with Crippen molar-refractivity contribution in [1.29, 1.82) is 5.26 Å². The first kappa shape index (κ1) is 14.9. The third kappa shape index (κ3) is 3.35. The summed E-state index contributed by atoms with van der Waals surface area (Å²) in [6.45, 7) is 2.98. The molecule has 1 aromatic rings. The van der Waals surface area contributed by atoms with Crippen LogP contribution in [0.4, 0.5) is 0 Å². The minimum Gasteiger partial charge on any atom is -0.348 e. The lowest BCUT2D eigenvalue weighted by Crippen LogP contribution is -2.33. The van der Waals surface area contributed by atoms with Crippen LogP contribution in [0.5, 0.6) is 0 Å². The number of benzene rings is 1. The molecule has 0 bridgehead atoms. The van der Waals surface area contributed by atoms with Crippen LogP contribution in [0.3, 0.4) is 0 Å². The van der Waals surface area contributed by atoms with Crippen molar-refractivity contribution in [2.24, 2.45) is 0 Å². The molecule has 0 unspecified atom stereocenters. The van der Waals surface area contributed by atoms with Crippen molar-refractivity contribution in [3.05, 3.63) is 29.8 Å². The van der Waals surface area contributed by atoms with Gasteiger partial charge in [-0.25, -0.2) is 13.1 Å². The Bertz CT molecular complexity index is 616. The Kier molecular flexibility index (Phi) is 4.40. The first-order valence-corrected chi connectivity index (χ1v) is 7.72. The van der Waals surface area contributed by atoms with Gasteiger partial charge in [0.15, 0.2) is 5.79 Å². The van der Waals surface area contributed by atoms with Gasteiger partial charge in [0.2, 0.25) is 10.0 Å². The predicted molar refractivity (Wildman–Crippen MR) is 71.3 cm³/mol. The van der Waals surface area contributed by atoms with Gasteiger partial charge in [0.1, 0.15) is 6.07 Å². The van der Waals surface area contributed by atoms with E-state index in [-0.39, 0.29) is 17.0 Å². The third-order valence-electron chi connectivity index (χ3n) is 3.07. The van der Waals surface area contributed by atoms with Gasteiger partial charge in [-0.15, -0.1) is 0 Å². The average Bonchev–Trinajstić information content (AvgIpc) is 2.85. The lowest BCUT2D eigenvalue weighted by molar-refractivity contribution is -0.145. The highest BCUT2D eigenvalue weighted by molar-refractivity contribution is 7.89. The van der Waals surface area contributed by atoms with Crippen LogP contribution >= 0.6 is 0 Å². The quantitative estimate of drug-likeness (QED) is 0.875. The lowest BCUT2D eigenvalue weighted by atomic mass is 10.2. The van der Waals surface area contributed by atoms with E-state index in [9.17, 15) is 8.42 Å². The highest BCUT2D eigenvalue weighted by atomic mass is 32.2.